The van der Waals surface area contributed by atoms with E-state index in [9.17, 15) is 14.3 Å². The smallest absolute Gasteiger partial charge is 0.269 e. The lowest BCUT2D eigenvalue weighted by molar-refractivity contribution is -0.384. The van der Waals surface area contributed by atoms with E-state index in [2.05, 4.69) is 5.32 Å². The first kappa shape index (κ1) is 16.5. The van der Waals surface area contributed by atoms with Crippen molar-refractivity contribution in [3.05, 3.63) is 68.7 Å². The van der Waals surface area contributed by atoms with Gasteiger partial charge in [-0.2, -0.15) is 0 Å². The van der Waals surface area contributed by atoms with E-state index < -0.39 is 15.7 Å². The lowest BCUT2D eigenvalue weighted by Gasteiger charge is -2.09. The van der Waals surface area contributed by atoms with Crippen LogP contribution < -0.4 is 5.32 Å². The predicted molar refractivity (Wildman–Crippen MR) is 89.6 cm³/mol. The van der Waals surface area contributed by atoms with Gasteiger partial charge in [-0.05, 0) is 29.3 Å². The minimum Gasteiger partial charge on any atom is -0.381 e. The molecule has 7 heteroatoms. The molecule has 116 valence electrons. The van der Waals surface area contributed by atoms with Gasteiger partial charge in [0.1, 0.15) is 0 Å². The minimum atomic E-state index is -0.971. The number of anilines is 1. The highest BCUT2D eigenvalue weighted by molar-refractivity contribution is 7.83. The molecule has 0 amide bonds. The third kappa shape index (κ3) is 4.54. The molecule has 0 spiro atoms. The number of nitro groups is 1. The van der Waals surface area contributed by atoms with E-state index in [4.69, 9.17) is 11.6 Å². The molecule has 0 saturated heterocycles. The fourth-order valence-corrected chi connectivity index (χ4v) is 2.94. The van der Waals surface area contributed by atoms with Crippen LogP contribution in [0, 0.1) is 10.1 Å². The van der Waals surface area contributed by atoms with E-state index in [-0.39, 0.29) is 5.69 Å². The molecule has 0 radical (unpaired) electrons. The molecule has 2 rings (SSSR count). The average Bonchev–Trinajstić information content (AvgIpc) is 2.48. The minimum absolute atomic E-state index is 0.0671. The maximum Gasteiger partial charge on any atom is 0.269 e. The zero-order chi connectivity index (χ0) is 16.1. The summed E-state index contributed by atoms with van der Waals surface area (Å²) in [7, 11) is -0.971. The number of nitrogens with zero attached hydrogens (tertiary/aromatic N) is 1. The summed E-state index contributed by atoms with van der Waals surface area (Å²) >= 11 is 6.08. The highest BCUT2D eigenvalue weighted by atomic mass is 35.5. The maximum absolute atomic E-state index is 11.3. The molecular weight excluding hydrogens is 324 g/mol. The Morgan fingerprint density at radius 2 is 2.05 bits per heavy atom. The van der Waals surface area contributed by atoms with Crippen molar-refractivity contribution in [2.24, 2.45) is 0 Å². The van der Waals surface area contributed by atoms with Crippen LogP contribution in [0.2, 0.25) is 5.02 Å². The molecule has 2 aromatic rings. The molecule has 0 unspecified atom stereocenters. The Kier molecular flexibility index (Phi) is 5.51. The van der Waals surface area contributed by atoms with Crippen molar-refractivity contribution in [3.8, 4) is 0 Å². The zero-order valence-electron chi connectivity index (χ0n) is 11.9. The summed E-state index contributed by atoms with van der Waals surface area (Å²) in [5, 5.41) is 14.5. The second-order valence-corrected chi connectivity index (χ2v) is 6.65. The first-order valence-corrected chi connectivity index (χ1v) is 8.62. The largest absolute Gasteiger partial charge is 0.381 e. The van der Waals surface area contributed by atoms with Gasteiger partial charge in [0.05, 0.1) is 4.92 Å². The van der Waals surface area contributed by atoms with E-state index in [0.29, 0.717) is 17.3 Å². The highest BCUT2D eigenvalue weighted by Gasteiger charge is 2.07. The number of benzene rings is 2. The second kappa shape index (κ2) is 7.38. The van der Waals surface area contributed by atoms with E-state index in [0.717, 1.165) is 16.8 Å². The number of non-ortho nitro benzene ring substituents is 1. The number of halogens is 1. The van der Waals surface area contributed by atoms with Crippen molar-refractivity contribution < 1.29 is 9.13 Å². The van der Waals surface area contributed by atoms with Gasteiger partial charge in [0.15, 0.2) is 0 Å². The number of nitro benzene ring substituents is 1. The summed E-state index contributed by atoms with van der Waals surface area (Å²) in [6.45, 7) is 0.456. The second-order valence-electron chi connectivity index (χ2n) is 4.80. The molecule has 0 heterocycles. The Morgan fingerprint density at radius 3 is 2.73 bits per heavy atom. The molecule has 2 aromatic carbocycles. The summed E-state index contributed by atoms with van der Waals surface area (Å²) < 4.78 is 11.3. The summed E-state index contributed by atoms with van der Waals surface area (Å²) in [4.78, 5) is 10.3. The van der Waals surface area contributed by atoms with Gasteiger partial charge in [0.25, 0.3) is 5.69 Å². The Morgan fingerprint density at radius 1 is 1.27 bits per heavy atom. The van der Waals surface area contributed by atoms with Gasteiger partial charge in [0, 0.05) is 52.2 Å². The van der Waals surface area contributed by atoms with Gasteiger partial charge in [-0.1, -0.05) is 23.7 Å². The number of nitrogens with one attached hydrogen (secondary N) is 1. The van der Waals surface area contributed by atoms with Crippen molar-refractivity contribution in [2.45, 2.75) is 12.3 Å². The fourth-order valence-electron chi connectivity index (χ4n) is 2.00. The molecule has 1 N–H and O–H groups in total. The van der Waals surface area contributed by atoms with Gasteiger partial charge in [0.2, 0.25) is 0 Å². The highest BCUT2D eigenvalue weighted by Crippen LogP contribution is 2.22. The zero-order valence-corrected chi connectivity index (χ0v) is 13.5. The average molecular weight is 339 g/mol. The van der Waals surface area contributed by atoms with Gasteiger partial charge in [-0.25, -0.2) is 0 Å². The third-order valence-corrected chi connectivity index (χ3v) is 4.11. The number of hydrogen-bond acceptors (Lipinski definition) is 4. The van der Waals surface area contributed by atoms with E-state index in [1.165, 1.54) is 12.1 Å². The van der Waals surface area contributed by atoms with Crippen LogP contribution in [0.25, 0.3) is 0 Å². The van der Waals surface area contributed by atoms with Crippen LogP contribution >= 0.6 is 11.6 Å². The lowest BCUT2D eigenvalue weighted by Crippen LogP contribution is -2.01. The van der Waals surface area contributed by atoms with Gasteiger partial charge in [-0.3, -0.25) is 14.3 Å². The molecular formula is C15H15ClN2O3S. The summed E-state index contributed by atoms with van der Waals surface area (Å²) in [5.74, 6) is 0.394. The van der Waals surface area contributed by atoms with Crippen LogP contribution in [0.1, 0.15) is 11.1 Å². The monoisotopic (exact) mass is 338 g/mol. The van der Waals surface area contributed by atoms with E-state index in [1.54, 1.807) is 18.4 Å². The Hall–Kier alpha value is -1.92. The van der Waals surface area contributed by atoms with Crippen molar-refractivity contribution in [1.29, 1.82) is 0 Å². The first-order valence-electron chi connectivity index (χ1n) is 6.51. The van der Waals surface area contributed by atoms with Gasteiger partial charge in [-0.15, -0.1) is 0 Å². The Bertz CT molecular complexity index is 722. The van der Waals surface area contributed by atoms with Crippen LogP contribution in [0.3, 0.4) is 0 Å². The standard InChI is InChI=1S/C15H15ClN2O3S/c1-22(21)10-12-8-13(5-6-15(12)16)17-9-11-3-2-4-14(7-11)18(19)20/h2-8,17H,9-10H2,1H3/t22-/m1/s1. The van der Waals surface area contributed by atoms with Crippen LogP contribution in [0.15, 0.2) is 42.5 Å². The fraction of sp³-hybridized carbons (Fsp3) is 0.200. The van der Waals surface area contributed by atoms with Crippen molar-refractivity contribution in [1.82, 2.24) is 0 Å². The molecule has 0 bridgehead atoms. The molecule has 0 fully saturated rings. The number of rotatable bonds is 6. The van der Waals surface area contributed by atoms with Gasteiger partial charge < -0.3 is 5.32 Å². The normalized spacial score (nSPS) is 11.9. The molecule has 0 aliphatic carbocycles. The Labute approximate surface area is 135 Å². The predicted octanol–water partition coefficient (Wildman–Crippen LogP) is 3.74. The Balaban J connectivity index is 2.10. The quantitative estimate of drug-likeness (QED) is 0.643. The summed E-state index contributed by atoms with van der Waals surface area (Å²) in [6, 6.07) is 11.9. The van der Waals surface area contributed by atoms with E-state index >= 15 is 0 Å². The molecule has 1 atom stereocenters. The van der Waals surface area contributed by atoms with E-state index in [1.807, 2.05) is 18.2 Å². The number of hydrogen-bond donors (Lipinski definition) is 1. The lowest BCUT2D eigenvalue weighted by atomic mass is 10.2. The third-order valence-electron chi connectivity index (χ3n) is 3.02. The van der Waals surface area contributed by atoms with Crippen molar-refractivity contribution in [2.75, 3.05) is 11.6 Å². The summed E-state index contributed by atoms with van der Waals surface area (Å²) in [5.41, 5.74) is 2.52. The van der Waals surface area contributed by atoms with Crippen LogP contribution in [-0.4, -0.2) is 15.4 Å². The molecule has 0 saturated carbocycles. The topological polar surface area (TPSA) is 72.2 Å². The maximum atomic E-state index is 11.3. The molecule has 0 aliphatic heterocycles. The molecule has 0 aromatic heterocycles. The van der Waals surface area contributed by atoms with Crippen LogP contribution in [-0.2, 0) is 23.1 Å². The molecule has 22 heavy (non-hydrogen) atoms. The van der Waals surface area contributed by atoms with Crippen molar-refractivity contribution in [3.63, 3.8) is 0 Å². The first-order chi connectivity index (χ1) is 10.5. The van der Waals surface area contributed by atoms with Crippen molar-refractivity contribution >= 4 is 33.8 Å². The molecule has 5 nitrogen and oxygen atoms in total. The molecule has 0 aliphatic rings. The SMILES string of the molecule is C[S@@](=O)Cc1cc(NCc2cccc([N+](=O)[O-])c2)ccc1Cl. The summed E-state index contributed by atoms with van der Waals surface area (Å²) in [6.07, 6.45) is 1.62. The van der Waals surface area contributed by atoms with Crippen LogP contribution in [0.4, 0.5) is 11.4 Å². The van der Waals surface area contributed by atoms with Crippen LogP contribution in [0.5, 0.6) is 0 Å². The van der Waals surface area contributed by atoms with Gasteiger partial charge >= 0.3 is 0 Å².